The maximum Gasteiger partial charge on any atom is 0 e. The zero-order chi connectivity index (χ0) is 4.28. The van der Waals surface area contributed by atoms with Crippen molar-refractivity contribution in [2.75, 3.05) is 0 Å². The summed E-state index contributed by atoms with van der Waals surface area (Å²) in [6, 6.07) is 0. The van der Waals surface area contributed by atoms with Gasteiger partial charge in [-0.25, -0.2) is 0 Å². The van der Waals surface area contributed by atoms with E-state index in [0.717, 1.165) is 0 Å². The number of allylic oxidation sites excluding steroid dienone is 1. The maximum atomic E-state index is 9.75. The number of carbonyl (C=O) groups is 1. The van der Waals surface area contributed by atoms with E-state index >= 15 is 0 Å². The molecule has 0 aromatic heterocycles. The summed E-state index contributed by atoms with van der Waals surface area (Å²) >= 11 is 0.667. The molecule has 0 spiro atoms. The summed E-state index contributed by atoms with van der Waals surface area (Å²) in [6.07, 6.45) is 1.34. The van der Waals surface area contributed by atoms with E-state index in [1.807, 2.05) is 0 Å². The molecule has 3 heteroatoms. The smallest absolute Gasteiger partial charge is 0 e. The molecule has 0 saturated heterocycles. The van der Waals surface area contributed by atoms with Gasteiger partial charge in [0.1, 0.15) is 0 Å². The second kappa shape index (κ2) is 9.94. The first-order valence-electron chi connectivity index (χ1n) is 1.19. The van der Waals surface area contributed by atoms with Crippen molar-refractivity contribution in [2.24, 2.45) is 0 Å². The topological polar surface area (TPSA) is 17.1 Å². The Morgan fingerprint density at radius 3 is 1.86 bits per heavy atom. The number of rotatable bonds is 1. The molecule has 0 aromatic rings. The molecular formula is C4H7AlInO. The van der Waals surface area contributed by atoms with Gasteiger partial charge in [0.25, 0.3) is 0 Å². The number of hydrogen-bond acceptors (Lipinski definition) is 1. The molecule has 0 fully saturated rings. The third-order valence-electron chi connectivity index (χ3n) is 0.201. The van der Waals surface area contributed by atoms with Crippen molar-refractivity contribution >= 4 is 45.3 Å². The summed E-state index contributed by atoms with van der Waals surface area (Å²) in [5, 5.41) is 0. The first kappa shape index (κ1) is 15.7. The maximum absolute atomic E-state index is 9.75. The van der Waals surface area contributed by atoms with Crippen LogP contribution in [0.5, 0.6) is 0 Å². The Hall–Kier alpha value is 0.813. The van der Waals surface area contributed by atoms with Crippen LogP contribution in [0.15, 0.2) is 12.7 Å². The van der Waals surface area contributed by atoms with Crippen LogP contribution >= 0.6 is 0 Å². The number of hydrogen-bond donors (Lipinski definition) is 0. The Balaban J connectivity index is -0.0000000800. The summed E-state index contributed by atoms with van der Waals surface area (Å²) in [5.74, 6) is 0. The minimum atomic E-state index is 0. The SMILES string of the molecule is C.C=C[C](=O)[In].[Al]. The quantitative estimate of drug-likeness (QED) is 0.446. The molecule has 0 N–H and O–H groups in total. The van der Waals surface area contributed by atoms with Crippen molar-refractivity contribution in [3.63, 3.8) is 0 Å². The van der Waals surface area contributed by atoms with Gasteiger partial charge in [-0.2, -0.15) is 0 Å². The molecule has 35 valence electrons. The molecule has 0 atom stereocenters. The monoisotopic (exact) mass is 213 g/mol. The van der Waals surface area contributed by atoms with Gasteiger partial charge in [-0.3, -0.25) is 0 Å². The average molecular weight is 213 g/mol. The van der Waals surface area contributed by atoms with Crippen molar-refractivity contribution in [2.45, 2.75) is 7.43 Å². The van der Waals surface area contributed by atoms with E-state index in [9.17, 15) is 4.79 Å². The van der Waals surface area contributed by atoms with Gasteiger partial charge in [0.05, 0.1) is 0 Å². The molecule has 7 heavy (non-hydrogen) atoms. The fourth-order valence-electron chi connectivity index (χ4n) is 0. The Morgan fingerprint density at radius 2 is 1.86 bits per heavy atom. The van der Waals surface area contributed by atoms with Crippen LogP contribution in [-0.4, -0.2) is 45.3 Å². The molecule has 0 heterocycles. The Bertz CT molecular complexity index is 62.7. The van der Waals surface area contributed by atoms with Crippen LogP contribution in [0.1, 0.15) is 7.43 Å². The molecule has 0 aliphatic carbocycles. The molecule has 0 bridgehead atoms. The van der Waals surface area contributed by atoms with Gasteiger partial charge in [0.15, 0.2) is 0 Å². The van der Waals surface area contributed by atoms with E-state index < -0.39 is 0 Å². The molecule has 0 unspecified atom stereocenters. The second-order valence-electron chi connectivity index (χ2n) is 0.606. The Kier molecular flexibility index (Phi) is 22.2. The molecule has 1 nitrogen and oxygen atoms in total. The molecule has 0 aromatic carbocycles. The normalized spacial score (nSPS) is 4.57. The van der Waals surface area contributed by atoms with Crippen molar-refractivity contribution in [3.05, 3.63) is 12.7 Å². The minimum absolute atomic E-state index is 0. The summed E-state index contributed by atoms with van der Waals surface area (Å²) in [5.41, 5.74) is 0. The predicted octanol–water partition coefficient (Wildman–Crippen LogP) is 0.123. The molecule has 0 amide bonds. The van der Waals surface area contributed by atoms with E-state index in [1.165, 1.54) is 6.08 Å². The molecule has 0 rings (SSSR count). The standard InChI is InChI=1S/C3H3O.CH4.Al.In/c1-2-3-4;;;/h2H,1H2;1H4;;. The van der Waals surface area contributed by atoms with Crippen LogP contribution < -0.4 is 0 Å². The first-order valence-corrected chi connectivity index (χ1v) is 2.84. The summed E-state index contributed by atoms with van der Waals surface area (Å²) in [4.78, 5) is 9.75. The summed E-state index contributed by atoms with van der Waals surface area (Å²) in [7, 11) is 0. The van der Waals surface area contributed by atoms with E-state index in [0.29, 0.717) is 24.4 Å². The summed E-state index contributed by atoms with van der Waals surface area (Å²) in [6.45, 7) is 3.24. The third-order valence-corrected chi connectivity index (χ3v) is 0.874. The zero-order valence-electron chi connectivity index (χ0n) is 3.35. The molecule has 5 radical (unpaired) electrons. The van der Waals surface area contributed by atoms with Gasteiger partial charge in [-0.1, -0.05) is 7.43 Å². The second-order valence-corrected chi connectivity index (χ2v) is 2.23. The van der Waals surface area contributed by atoms with Gasteiger partial charge >= 0.3 is 45.4 Å². The van der Waals surface area contributed by atoms with Crippen LogP contribution in [0.25, 0.3) is 0 Å². The van der Waals surface area contributed by atoms with Crippen LogP contribution in [0.2, 0.25) is 0 Å². The van der Waals surface area contributed by atoms with Gasteiger partial charge in [-0.05, 0) is 0 Å². The van der Waals surface area contributed by atoms with Gasteiger partial charge in [0.2, 0.25) is 0 Å². The largest absolute Gasteiger partial charge is 0 e. The fraction of sp³-hybridized carbons (Fsp3) is 0.250. The average Bonchev–Trinajstić information content (AvgIpc) is 1.38. The Labute approximate surface area is 69.9 Å². The zero-order valence-corrected chi connectivity index (χ0v) is 7.80. The molecule has 0 saturated carbocycles. The third kappa shape index (κ3) is 19.9. The first-order chi connectivity index (χ1) is 2.27. The fourth-order valence-corrected chi connectivity index (χ4v) is 0. The van der Waals surface area contributed by atoms with Gasteiger partial charge < -0.3 is 0 Å². The van der Waals surface area contributed by atoms with Crippen molar-refractivity contribution < 1.29 is 4.79 Å². The Morgan fingerprint density at radius 1 is 1.71 bits per heavy atom. The van der Waals surface area contributed by atoms with E-state index in [2.05, 4.69) is 6.58 Å². The van der Waals surface area contributed by atoms with E-state index in [-0.39, 0.29) is 28.3 Å². The predicted molar refractivity (Wildman–Crippen MR) is 33.4 cm³/mol. The molecular weight excluding hydrogens is 206 g/mol. The van der Waals surface area contributed by atoms with E-state index in [1.54, 1.807) is 0 Å². The van der Waals surface area contributed by atoms with Crippen molar-refractivity contribution in [3.8, 4) is 0 Å². The van der Waals surface area contributed by atoms with Crippen LogP contribution in [0, 0.1) is 0 Å². The van der Waals surface area contributed by atoms with Crippen LogP contribution in [-0.2, 0) is 4.79 Å². The van der Waals surface area contributed by atoms with Crippen molar-refractivity contribution in [1.82, 2.24) is 0 Å². The number of carbonyl (C=O) groups excluding carboxylic acids is 1. The minimum Gasteiger partial charge on any atom is 0 e. The summed E-state index contributed by atoms with van der Waals surface area (Å²) < 4.78 is 0.149. The van der Waals surface area contributed by atoms with Crippen LogP contribution in [0.3, 0.4) is 0 Å². The van der Waals surface area contributed by atoms with E-state index in [4.69, 9.17) is 0 Å². The molecule has 0 aliphatic rings. The van der Waals surface area contributed by atoms with Gasteiger partial charge in [0, 0.05) is 17.4 Å². The molecule has 0 aliphatic heterocycles. The van der Waals surface area contributed by atoms with Crippen molar-refractivity contribution in [1.29, 1.82) is 0 Å². The van der Waals surface area contributed by atoms with Gasteiger partial charge in [-0.15, -0.1) is 0 Å². The van der Waals surface area contributed by atoms with Crippen LogP contribution in [0.4, 0.5) is 0 Å².